The van der Waals surface area contributed by atoms with Crippen LogP contribution in [0.5, 0.6) is 0 Å². The van der Waals surface area contributed by atoms with E-state index in [-0.39, 0.29) is 6.42 Å². The van der Waals surface area contributed by atoms with Gasteiger partial charge in [0.1, 0.15) is 0 Å². The molecular formula is C18H17F3N2O2. The standard InChI is InChI=1S/C18H17F3N2O2/c19-18(20,21)14-6-7-16-13(8-14)9-15(22-17(24)25)11-23(16)10-12-4-2-1-3-5-12/h1-8,15,22H,9-11H2,(H,24,25). The Labute approximate surface area is 142 Å². The second kappa shape index (κ2) is 6.66. The Hall–Kier alpha value is -2.70. The number of amides is 1. The van der Waals surface area contributed by atoms with Crippen LogP contribution >= 0.6 is 0 Å². The van der Waals surface area contributed by atoms with Crippen LogP contribution in [0.15, 0.2) is 48.5 Å². The lowest BCUT2D eigenvalue weighted by Crippen LogP contribution is -2.47. The van der Waals surface area contributed by atoms with Gasteiger partial charge in [0.25, 0.3) is 0 Å². The van der Waals surface area contributed by atoms with Gasteiger partial charge in [-0.05, 0) is 35.7 Å². The number of benzene rings is 2. The summed E-state index contributed by atoms with van der Waals surface area (Å²) in [5, 5.41) is 11.4. The summed E-state index contributed by atoms with van der Waals surface area (Å²) < 4.78 is 39.0. The maximum Gasteiger partial charge on any atom is 0.416 e. The van der Waals surface area contributed by atoms with Crippen LogP contribution in [0.4, 0.5) is 23.7 Å². The molecule has 0 aromatic heterocycles. The number of carbonyl (C=O) groups is 1. The summed E-state index contributed by atoms with van der Waals surface area (Å²) in [5.74, 6) is 0. The fourth-order valence-electron chi connectivity index (χ4n) is 3.15. The fraction of sp³-hybridized carbons (Fsp3) is 0.278. The van der Waals surface area contributed by atoms with Crippen molar-refractivity contribution in [1.82, 2.24) is 5.32 Å². The monoisotopic (exact) mass is 350 g/mol. The molecule has 2 aromatic rings. The van der Waals surface area contributed by atoms with Gasteiger partial charge < -0.3 is 15.3 Å². The van der Waals surface area contributed by atoms with Crippen molar-refractivity contribution < 1.29 is 23.1 Å². The molecule has 0 bridgehead atoms. The highest BCUT2D eigenvalue weighted by Gasteiger charge is 2.33. The third-order valence-corrected chi connectivity index (χ3v) is 4.20. The van der Waals surface area contributed by atoms with Crippen molar-refractivity contribution in [1.29, 1.82) is 0 Å². The van der Waals surface area contributed by atoms with E-state index in [0.29, 0.717) is 24.3 Å². The number of carboxylic acid groups (broad SMARTS) is 1. The van der Waals surface area contributed by atoms with Crippen molar-refractivity contribution >= 4 is 11.8 Å². The number of alkyl halides is 3. The van der Waals surface area contributed by atoms with Crippen LogP contribution in [0.2, 0.25) is 0 Å². The van der Waals surface area contributed by atoms with Gasteiger partial charge in [-0.2, -0.15) is 13.2 Å². The van der Waals surface area contributed by atoms with Crippen LogP contribution in [-0.4, -0.2) is 23.8 Å². The number of anilines is 1. The third-order valence-electron chi connectivity index (χ3n) is 4.20. The SMILES string of the molecule is O=C(O)NC1Cc2cc(C(F)(F)F)ccc2N(Cc2ccccc2)C1. The van der Waals surface area contributed by atoms with Crippen molar-refractivity contribution in [2.24, 2.45) is 0 Å². The lowest BCUT2D eigenvalue weighted by atomic mass is 9.95. The first-order valence-corrected chi connectivity index (χ1v) is 7.81. The third kappa shape index (κ3) is 4.04. The molecule has 4 nitrogen and oxygen atoms in total. The molecule has 132 valence electrons. The van der Waals surface area contributed by atoms with E-state index in [2.05, 4.69) is 5.32 Å². The molecule has 1 unspecified atom stereocenters. The molecule has 0 radical (unpaired) electrons. The fourth-order valence-corrected chi connectivity index (χ4v) is 3.15. The van der Waals surface area contributed by atoms with Crippen LogP contribution in [-0.2, 0) is 19.1 Å². The van der Waals surface area contributed by atoms with Crippen molar-refractivity contribution in [2.45, 2.75) is 25.2 Å². The number of halogens is 3. The van der Waals surface area contributed by atoms with Gasteiger partial charge in [0.2, 0.25) is 0 Å². The molecule has 0 saturated carbocycles. The minimum Gasteiger partial charge on any atom is -0.465 e. The number of hydrogen-bond donors (Lipinski definition) is 2. The summed E-state index contributed by atoms with van der Waals surface area (Å²) in [6.07, 6.45) is -5.37. The lowest BCUT2D eigenvalue weighted by Gasteiger charge is -2.36. The van der Waals surface area contributed by atoms with Crippen LogP contribution in [0, 0.1) is 0 Å². The summed E-state index contributed by atoms with van der Waals surface area (Å²) in [7, 11) is 0. The molecule has 25 heavy (non-hydrogen) atoms. The maximum absolute atomic E-state index is 13.0. The number of nitrogens with one attached hydrogen (secondary N) is 1. The molecule has 2 aromatic carbocycles. The molecule has 0 spiro atoms. The van der Waals surface area contributed by atoms with Gasteiger partial charge in [0.15, 0.2) is 0 Å². The van der Waals surface area contributed by atoms with Gasteiger partial charge >= 0.3 is 12.3 Å². The molecule has 1 aliphatic heterocycles. The summed E-state index contributed by atoms with van der Waals surface area (Å²) >= 11 is 0. The Morgan fingerprint density at radius 2 is 1.92 bits per heavy atom. The van der Waals surface area contributed by atoms with Gasteiger partial charge in [0, 0.05) is 18.8 Å². The highest BCUT2D eigenvalue weighted by molar-refractivity contribution is 5.66. The van der Waals surface area contributed by atoms with Crippen molar-refractivity contribution in [3.8, 4) is 0 Å². The average Bonchev–Trinajstić information content (AvgIpc) is 2.54. The highest BCUT2D eigenvalue weighted by atomic mass is 19.4. The molecule has 2 N–H and O–H groups in total. The van der Waals surface area contributed by atoms with E-state index in [9.17, 15) is 18.0 Å². The predicted octanol–water partition coefficient (Wildman–Crippen LogP) is 3.90. The van der Waals surface area contributed by atoms with Gasteiger partial charge in [0.05, 0.1) is 11.6 Å². The van der Waals surface area contributed by atoms with Crippen LogP contribution in [0.1, 0.15) is 16.7 Å². The van der Waals surface area contributed by atoms with Gasteiger partial charge in [-0.1, -0.05) is 30.3 Å². The molecule has 1 amide bonds. The molecule has 0 aliphatic carbocycles. The second-order valence-electron chi connectivity index (χ2n) is 6.06. The lowest BCUT2D eigenvalue weighted by molar-refractivity contribution is -0.137. The second-order valence-corrected chi connectivity index (χ2v) is 6.06. The minimum absolute atomic E-state index is 0.233. The normalized spacial score (nSPS) is 17.1. The number of rotatable bonds is 3. The molecular weight excluding hydrogens is 333 g/mol. The van der Waals surface area contributed by atoms with Crippen LogP contribution in [0.25, 0.3) is 0 Å². The van der Waals surface area contributed by atoms with E-state index in [4.69, 9.17) is 5.11 Å². The van der Waals surface area contributed by atoms with Crippen molar-refractivity contribution in [3.63, 3.8) is 0 Å². The Morgan fingerprint density at radius 3 is 2.56 bits per heavy atom. The van der Waals surface area contributed by atoms with Gasteiger partial charge in [-0.25, -0.2) is 4.79 Å². The van der Waals surface area contributed by atoms with E-state index in [1.54, 1.807) is 0 Å². The molecule has 1 atom stereocenters. The van der Waals surface area contributed by atoms with E-state index in [1.165, 1.54) is 6.07 Å². The van der Waals surface area contributed by atoms with Crippen LogP contribution in [0.3, 0.4) is 0 Å². The first-order chi connectivity index (χ1) is 11.8. The van der Waals surface area contributed by atoms with E-state index < -0.39 is 23.9 Å². The van der Waals surface area contributed by atoms with Gasteiger partial charge in [-0.3, -0.25) is 0 Å². The first-order valence-electron chi connectivity index (χ1n) is 7.81. The Kier molecular flexibility index (Phi) is 4.57. The molecule has 7 heteroatoms. The maximum atomic E-state index is 13.0. The van der Waals surface area contributed by atoms with Crippen molar-refractivity contribution in [3.05, 3.63) is 65.2 Å². The number of nitrogens with zero attached hydrogens (tertiary/aromatic N) is 1. The Morgan fingerprint density at radius 1 is 1.20 bits per heavy atom. The molecule has 0 saturated heterocycles. The summed E-state index contributed by atoms with van der Waals surface area (Å²) in [6.45, 7) is 0.899. The Bertz CT molecular complexity index is 763. The smallest absolute Gasteiger partial charge is 0.416 e. The van der Waals surface area contributed by atoms with Gasteiger partial charge in [-0.15, -0.1) is 0 Å². The zero-order valence-corrected chi connectivity index (χ0v) is 13.3. The highest BCUT2D eigenvalue weighted by Crippen LogP contribution is 2.35. The largest absolute Gasteiger partial charge is 0.465 e. The van der Waals surface area contributed by atoms with E-state index in [1.807, 2.05) is 35.2 Å². The summed E-state index contributed by atoms with van der Waals surface area (Å²) in [4.78, 5) is 12.9. The van der Waals surface area contributed by atoms with Crippen LogP contribution < -0.4 is 10.2 Å². The van der Waals surface area contributed by atoms with E-state index >= 15 is 0 Å². The zero-order valence-electron chi connectivity index (χ0n) is 13.3. The summed E-state index contributed by atoms with van der Waals surface area (Å²) in [5.41, 5.74) is 1.49. The number of fused-ring (bicyclic) bond motifs is 1. The average molecular weight is 350 g/mol. The molecule has 1 heterocycles. The topological polar surface area (TPSA) is 52.6 Å². The molecule has 3 rings (SSSR count). The zero-order chi connectivity index (χ0) is 18.0. The Balaban J connectivity index is 1.94. The minimum atomic E-state index is -4.42. The quantitative estimate of drug-likeness (QED) is 0.883. The first kappa shape index (κ1) is 17.1. The summed E-state index contributed by atoms with van der Waals surface area (Å²) in [6, 6.07) is 12.7. The van der Waals surface area contributed by atoms with E-state index in [0.717, 1.165) is 17.7 Å². The molecule has 0 fully saturated rings. The van der Waals surface area contributed by atoms with Crippen molar-refractivity contribution in [2.75, 3.05) is 11.4 Å². The molecule has 1 aliphatic rings. The predicted molar refractivity (Wildman–Crippen MR) is 87.6 cm³/mol. The number of hydrogen-bond acceptors (Lipinski definition) is 2.